The number of nitrogens with zero attached hydrogens (tertiary/aromatic N) is 4. The van der Waals surface area contributed by atoms with Crippen molar-refractivity contribution in [3.05, 3.63) is 48.5 Å². The highest BCUT2D eigenvalue weighted by molar-refractivity contribution is 5.79. The predicted octanol–water partition coefficient (Wildman–Crippen LogP) is 1.52. The Morgan fingerprint density at radius 2 is 1.96 bits per heavy atom. The van der Waals surface area contributed by atoms with Gasteiger partial charge in [0.25, 0.3) is 0 Å². The number of likely N-dealkylation sites (tertiary alicyclic amines) is 1. The van der Waals surface area contributed by atoms with Gasteiger partial charge in [-0.1, -0.05) is 18.2 Å². The van der Waals surface area contributed by atoms with Gasteiger partial charge in [-0.15, -0.1) is 0 Å². The summed E-state index contributed by atoms with van der Waals surface area (Å²) in [5, 5.41) is 3.32. The highest BCUT2D eigenvalue weighted by Gasteiger charge is 2.30. The largest absolute Gasteiger partial charge is 0.340 e. The minimum Gasteiger partial charge on any atom is -0.340 e. The van der Waals surface area contributed by atoms with Crippen LogP contribution < -0.4 is 5.32 Å². The van der Waals surface area contributed by atoms with E-state index in [4.69, 9.17) is 0 Å². The lowest BCUT2D eigenvalue weighted by atomic mass is 9.96. The van der Waals surface area contributed by atoms with Gasteiger partial charge in [0.1, 0.15) is 5.82 Å². The lowest BCUT2D eigenvalue weighted by Gasteiger charge is -2.36. The summed E-state index contributed by atoms with van der Waals surface area (Å²) in [5.41, 5.74) is 1.13. The Labute approximate surface area is 154 Å². The third-order valence-corrected chi connectivity index (χ3v) is 5.40. The Morgan fingerprint density at radius 3 is 2.77 bits per heavy atom. The number of para-hydroxylation sites is 1. The molecule has 4 rings (SSSR count). The summed E-state index contributed by atoms with van der Waals surface area (Å²) in [5.74, 6) is 1.50. The number of piperidine rings is 1. The van der Waals surface area contributed by atoms with Crippen molar-refractivity contribution in [2.75, 3.05) is 39.3 Å². The first kappa shape index (κ1) is 17.2. The Balaban J connectivity index is 1.41. The van der Waals surface area contributed by atoms with Gasteiger partial charge >= 0.3 is 0 Å². The molecule has 3 heterocycles. The first-order valence-electron chi connectivity index (χ1n) is 9.61. The summed E-state index contributed by atoms with van der Waals surface area (Å²) in [6, 6.07) is 10.3. The van der Waals surface area contributed by atoms with Crippen LogP contribution in [0.2, 0.25) is 0 Å². The standard InChI is InChI=1S/C20H27N5O/c26-20(24-12-8-21-9-13-24)17-5-4-11-23(15-17)16-19-22-10-14-25(19)18-6-2-1-3-7-18/h1-3,6-7,10,14,17,21H,4-5,8-9,11-13,15-16H2. The molecule has 1 amide bonds. The predicted molar refractivity (Wildman–Crippen MR) is 101 cm³/mol. The molecule has 6 nitrogen and oxygen atoms in total. The monoisotopic (exact) mass is 353 g/mol. The molecule has 1 atom stereocenters. The molecule has 0 radical (unpaired) electrons. The second kappa shape index (κ2) is 8.01. The summed E-state index contributed by atoms with van der Waals surface area (Å²) in [6.07, 6.45) is 5.95. The molecule has 0 aliphatic carbocycles. The van der Waals surface area contributed by atoms with Crippen LogP contribution in [0.4, 0.5) is 0 Å². The zero-order chi connectivity index (χ0) is 17.8. The van der Waals surface area contributed by atoms with Crippen LogP contribution in [0.3, 0.4) is 0 Å². The molecule has 1 unspecified atom stereocenters. The highest BCUT2D eigenvalue weighted by atomic mass is 16.2. The molecule has 2 fully saturated rings. The molecule has 1 aromatic carbocycles. The van der Waals surface area contributed by atoms with Crippen molar-refractivity contribution in [1.82, 2.24) is 24.7 Å². The number of aromatic nitrogens is 2. The summed E-state index contributed by atoms with van der Waals surface area (Å²) < 4.78 is 2.14. The number of nitrogens with one attached hydrogen (secondary N) is 1. The average molecular weight is 353 g/mol. The Kier molecular flexibility index (Phi) is 5.32. The SMILES string of the molecule is O=C(C1CCCN(Cc2nccn2-c2ccccc2)C1)N1CCNCC1. The minimum absolute atomic E-state index is 0.127. The van der Waals surface area contributed by atoms with Gasteiger partial charge in [-0.25, -0.2) is 4.98 Å². The highest BCUT2D eigenvalue weighted by Crippen LogP contribution is 2.21. The van der Waals surface area contributed by atoms with E-state index in [1.807, 2.05) is 35.5 Å². The summed E-state index contributed by atoms with van der Waals surface area (Å²) in [6.45, 7) is 6.17. The Morgan fingerprint density at radius 1 is 1.15 bits per heavy atom. The molecule has 1 aromatic heterocycles. The lowest BCUT2D eigenvalue weighted by Crippen LogP contribution is -2.51. The molecule has 2 aliphatic heterocycles. The fourth-order valence-corrected chi connectivity index (χ4v) is 4.02. The van der Waals surface area contributed by atoms with Crippen LogP contribution in [0.5, 0.6) is 0 Å². The van der Waals surface area contributed by atoms with Gasteiger partial charge in [-0.05, 0) is 31.5 Å². The number of hydrogen-bond donors (Lipinski definition) is 1. The molecular formula is C20H27N5O. The number of benzene rings is 1. The van der Waals surface area contributed by atoms with Crippen LogP contribution in [0, 0.1) is 5.92 Å². The summed E-state index contributed by atoms with van der Waals surface area (Å²) in [7, 11) is 0. The maximum Gasteiger partial charge on any atom is 0.227 e. The number of imidazole rings is 1. The molecule has 26 heavy (non-hydrogen) atoms. The number of carbonyl (C=O) groups excluding carboxylic acids is 1. The van der Waals surface area contributed by atoms with Gasteiger partial charge in [0.05, 0.1) is 12.5 Å². The van der Waals surface area contributed by atoms with E-state index in [1.165, 1.54) is 0 Å². The van der Waals surface area contributed by atoms with Crippen molar-refractivity contribution < 1.29 is 4.79 Å². The van der Waals surface area contributed by atoms with Crippen LogP contribution in [0.1, 0.15) is 18.7 Å². The number of piperazine rings is 1. The average Bonchev–Trinajstić information content (AvgIpc) is 3.17. The van der Waals surface area contributed by atoms with Crippen molar-refractivity contribution in [2.45, 2.75) is 19.4 Å². The quantitative estimate of drug-likeness (QED) is 0.905. The normalized spacial score (nSPS) is 21.7. The molecule has 6 heteroatoms. The van der Waals surface area contributed by atoms with E-state index in [1.54, 1.807) is 0 Å². The second-order valence-corrected chi connectivity index (χ2v) is 7.20. The van der Waals surface area contributed by atoms with Crippen molar-refractivity contribution in [2.24, 2.45) is 5.92 Å². The molecule has 138 valence electrons. The van der Waals surface area contributed by atoms with Crippen molar-refractivity contribution in [1.29, 1.82) is 0 Å². The third kappa shape index (κ3) is 3.81. The lowest BCUT2D eigenvalue weighted by molar-refractivity contribution is -0.138. The first-order valence-corrected chi connectivity index (χ1v) is 9.61. The fourth-order valence-electron chi connectivity index (χ4n) is 4.02. The van der Waals surface area contributed by atoms with Crippen molar-refractivity contribution in [3.8, 4) is 5.69 Å². The number of hydrogen-bond acceptors (Lipinski definition) is 4. The smallest absolute Gasteiger partial charge is 0.227 e. The van der Waals surface area contributed by atoms with E-state index >= 15 is 0 Å². The van der Waals surface area contributed by atoms with E-state index in [0.29, 0.717) is 5.91 Å². The van der Waals surface area contributed by atoms with E-state index in [9.17, 15) is 4.79 Å². The molecule has 2 aliphatic rings. The maximum absolute atomic E-state index is 12.8. The Bertz CT molecular complexity index is 723. The molecule has 2 aromatic rings. The van der Waals surface area contributed by atoms with Gasteiger partial charge < -0.3 is 14.8 Å². The van der Waals surface area contributed by atoms with E-state index in [2.05, 4.69) is 31.9 Å². The Hall–Kier alpha value is -2.18. The second-order valence-electron chi connectivity index (χ2n) is 7.20. The summed E-state index contributed by atoms with van der Waals surface area (Å²) >= 11 is 0. The molecule has 0 bridgehead atoms. The summed E-state index contributed by atoms with van der Waals surface area (Å²) in [4.78, 5) is 21.8. The number of carbonyl (C=O) groups is 1. The van der Waals surface area contributed by atoms with E-state index in [0.717, 1.165) is 70.2 Å². The van der Waals surface area contributed by atoms with E-state index < -0.39 is 0 Å². The zero-order valence-corrected chi connectivity index (χ0v) is 15.2. The van der Waals surface area contributed by atoms with Crippen LogP contribution >= 0.6 is 0 Å². The minimum atomic E-state index is 0.127. The van der Waals surface area contributed by atoms with Gasteiger partial charge in [-0.2, -0.15) is 0 Å². The van der Waals surface area contributed by atoms with Crippen molar-refractivity contribution in [3.63, 3.8) is 0 Å². The van der Waals surface area contributed by atoms with Gasteiger partial charge in [0.2, 0.25) is 5.91 Å². The molecule has 0 saturated carbocycles. The van der Waals surface area contributed by atoms with Gasteiger partial charge in [0.15, 0.2) is 0 Å². The molecule has 0 spiro atoms. The first-order chi connectivity index (χ1) is 12.8. The van der Waals surface area contributed by atoms with E-state index in [-0.39, 0.29) is 5.92 Å². The maximum atomic E-state index is 12.8. The molecule has 1 N–H and O–H groups in total. The van der Waals surface area contributed by atoms with Crippen LogP contribution in [0.15, 0.2) is 42.7 Å². The number of rotatable bonds is 4. The third-order valence-electron chi connectivity index (χ3n) is 5.40. The fraction of sp³-hybridized carbons (Fsp3) is 0.500. The van der Waals surface area contributed by atoms with Crippen LogP contribution in [-0.2, 0) is 11.3 Å². The van der Waals surface area contributed by atoms with Crippen LogP contribution in [-0.4, -0.2) is 64.5 Å². The molecule has 2 saturated heterocycles. The van der Waals surface area contributed by atoms with Gasteiger partial charge in [0, 0.05) is 50.8 Å². The molecular weight excluding hydrogens is 326 g/mol. The van der Waals surface area contributed by atoms with Crippen molar-refractivity contribution >= 4 is 5.91 Å². The number of amides is 1. The topological polar surface area (TPSA) is 53.4 Å². The van der Waals surface area contributed by atoms with Gasteiger partial charge in [-0.3, -0.25) is 9.69 Å². The zero-order valence-electron chi connectivity index (χ0n) is 15.2. The van der Waals surface area contributed by atoms with Crippen LogP contribution in [0.25, 0.3) is 5.69 Å².